The van der Waals surface area contributed by atoms with Crippen LogP contribution in [0.3, 0.4) is 0 Å². The molecule has 0 saturated heterocycles. The third kappa shape index (κ3) is 2.35. The quantitative estimate of drug-likeness (QED) is 0.778. The molecule has 20 heavy (non-hydrogen) atoms. The highest BCUT2D eigenvalue weighted by atomic mass is 32.1. The number of benzene rings is 1. The van der Waals surface area contributed by atoms with Crippen LogP contribution in [-0.2, 0) is 0 Å². The lowest BCUT2D eigenvalue weighted by Gasteiger charge is -2.18. The highest BCUT2D eigenvalue weighted by Crippen LogP contribution is 2.32. The van der Waals surface area contributed by atoms with Crippen molar-refractivity contribution >= 4 is 22.2 Å². The Morgan fingerprint density at radius 1 is 1.10 bits per heavy atom. The molecule has 0 bridgehead atoms. The van der Waals surface area contributed by atoms with Crippen molar-refractivity contribution in [2.45, 2.75) is 19.9 Å². The highest BCUT2D eigenvalue weighted by molar-refractivity contribution is 7.12. The average Bonchev–Trinajstić information content (AvgIpc) is 2.86. The van der Waals surface area contributed by atoms with Gasteiger partial charge in [0.25, 0.3) is 0 Å². The highest BCUT2D eigenvalue weighted by Gasteiger charge is 2.17. The van der Waals surface area contributed by atoms with Gasteiger partial charge in [-0.1, -0.05) is 18.2 Å². The second-order valence-electron chi connectivity index (χ2n) is 5.04. The minimum atomic E-state index is 0.222. The molecule has 0 spiro atoms. The van der Waals surface area contributed by atoms with E-state index in [0.717, 1.165) is 11.2 Å². The maximum Gasteiger partial charge on any atom is 0.0708 e. The molecule has 0 aliphatic rings. The molecule has 2 nitrogen and oxygen atoms in total. The lowest BCUT2D eigenvalue weighted by atomic mass is 10.00. The molecule has 1 N–H and O–H groups in total. The lowest BCUT2D eigenvalue weighted by Crippen LogP contribution is -2.17. The number of hydrogen-bond donors (Lipinski definition) is 1. The molecule has 0 aliphatic heterocycles. The van der Waals surface area contributed by atoms with E-state index in [1.54, 1.807) is 0 Å². The molecule has 3 heteroatoms. The number of thiophene rings is 1. The number of nitrogens with one attached hydrogen (secondary N) is 1. The number of pyridine rings is 1. The number of fused-ring (bicyclic) bond motifs is 1. The molecule has 1 unspecified atom stereocenters. The number of para-hydroxylation sites is 1. The Kier molecular flexibility index (Phi) is 3.55. The summed E-state index contributed by atoms with van der Waals surface area (Å²) in [7, 11) is 2.02. The van der Waals surface area contributed by atoms with Crippen molar-refractivity contribution in [3.05, 3.63) is 63.5 Å². The molecule has 102 valence electrons. The number of aromatic nitrogens is 1. The first-order chi connectivity index (χ1) is 9.69. The summed E-state index contributed by atoms with van der Waals surface area (Å²) < 4.78 is 0. The molecule has 3 rings (SSSR count). The summed E-state index contributed by atoms with van der Waals surface area (Å²) in [5, 5.41) is 4.68. The summed E-state index contributed by atoms with van der Waals surface area (Å²) in [6, 6.07) is 15.2. The fourth-order valence-electron chi connectivity index (χ4n) is 2.64. The molecule has 0 amide bonds. The third-order valence-corrected chi connectivity index (χ3v) is 4.59. The molecule has 0 radical (unpaired) electrons. The zero-order chi connectivity index (χ0) is 14.1. The van der Waals surface area contributed by atoms with Crippen molar-refractivity contribution in [3.8, 4) is 0 Å². The van der Waals surface area contributed by atoms with Crippen molar-refractivity contribution in [1.82, 2.24) is 10.3 Å². The van der Waals surface area contributed by atoms with E-state index in [1.165, 1.54) is 20.7 Å². The summed E-state index contributed by atoms with van der Waals surface area (Å²) in [5.74, 6) is 0. The Morgan fingerprint density at radius 3 is 2.60 bits per heavy atom. The second-order valence-corrected chi connectivity index (χ2v) is 6.36. The van der Waals surface area contributed by atoms with Gasteiger partial charge in [-0.25, -0.2) is 0 Å². The predicted octanol–water partition coefficient (Wildman–Crippen LogP) is 4.22. The van der Waals surface area contributed by atoms with Gasteiger partial charge in [-0.15, -0.1) is 11.3 Å². The van der Waals surface area contributed by atoms with Crippen molar-refractivity contribution < 1.29 is 0 Å². The lowest BCUT2D eigenvalue weighted by molar-refractivity contribution is 0.707. The van der Waals surface area contributed by atoms with E-state index in [9.17, 15) is 0 Å². The topological polar surface area (TPSA) is 24.9 Å². The summed E-state index contributed by atoms with van der Waals surface area (Å²) in [5.41, 5.74) is 3.43. The molecule has 1 atom stereocenters. The summed E-state index contributed by atoms with van der Waals surface area (Å²) in [4.78, 5) is 7.32. The van der Waals surface area contributed by atoms with Crippen LogP contribution < -0.4 is 5.32 Å². The molecule has 0 saturated carbocycles. The zero-order valence-electron chi connectivity index (χ0n) is 12.0. The average molecular weight is 282 g/mol. The normalized spacial score (nSPS) is 12.8. The van der Waals surface area contributed by atoms with Crippen LogP contribution in [0.25, 0.3) is 10.9 Å². The van der Waals surface area contributed by atoms with E-state index >= 15 is 0 Å². The monoisotopic (exact) mass is 282 g/mol. The van der Waals surface area contributed by atoms with E-state index in [2.05, 4.69) is 60.5 Å². The van der Waals surface area contributed by atoms with Crippen LogP contribution in [0.2, 0.25) is 0 Å². The minimum absolute atomic E-state index is 0.222. The van der Waals surface area contributed by atoms with Gasteiger partial charge in [0.1, 0.15) is 0 Å². The molecule has 0 fully saturated rings. The van der Waals surface area contributed by atoms with Crippen LogP contribution in [0, 0.1) is 13.8 Å². The Morgan fingerprint density at radius 2 is 1.90 bits per heavy atom. The van der Waals surface area contributed by atoms with Gasteiger partial charge in [0.2, 0.25) is 0 Å². The number of aryl methyl sites for hydroxylation is 2. The Balaban J connectivity index is 2.21. The van der Waals surface area contributed by atoms with E-state index < -0.39 is 0 Å². The molecule has 0 aliphatic carbocycles. The van der Waals surface area contributed by atoms with Gasteiger partial charge in [0, 0.05) is 20.8 Å². The van der Waals surface area contributed by atoms with Crippen LogP contribution in [0.15, 0.2) is 42.5 Å². The van der Waals surface area contributed by atoms with Gasteiger partial charge in [-0.3, -0.25) is 4.98 Å². The van der Waals surface area contributed by atoms with Crippen LogP contribution in [-0.4, -0.2) is 12.0 Å². The SMILES string of the molecule is CNC(c1ccc(C)s1)c1cc(C)nc2ccccc12. The fraction of sp³-hybridized carbons (Fsp3) is 0.235. The maximum absolute atomic E-state index is 4.63. The smallest absolute Gasteiger partial charge is 0.0708 e. The summed E-state index contributed by atoms with van der Waals surface area (Å²) >= 11 is 1.85. The zero-order valence-corrected chi connectivity index (χ0v) is 12.8. The standard InChI is InChI=1S/C17H18N2S/c1-11-10-14(13-6-4-5-7-15(13)19-11)17(18-3)16-9-8-12(2)20-16/h4-10,17-18H,1-3H3. The van der Waals surface area contributed by atoms with E-state index in [0.29, 0.717) is 0 Å². The first kappa shape index (κ1) is 13.3. The predicted molar refractivity (Wildman–Crippen MR) is 86.4 cm³/mol. The molecule has 1 aromatic carbocycles. The molecule has 3 aromatic rings. The first-order valence-electron chi connectivity index (χ1n) is 6.79. The van der Waals surface area contributed by atoms with Gasteiger partial charge >= 0.3 is 0 Å². The first-order valence-corrected chi connectivity index (χ1v) is 7.60. The van der Waals surface area contributed by atoms with E-state index in [-0.39, 0.29) is 6.04 Å². The van der Waals surface area contributed by atoms with E-state index in [4.69, 9.17) is 0 Å². The van der Waals surface area contributed by atoms with Crippen LogP contribution in [0.5, 0.6) is 0 Å². The van der Waals surface area contributed by atoms with Gasteiger partial charge in [-0.05, 0) is 50.7 Å². The number of rotatable bonds is 3. The fourth-order valence-corrected chi connectivity index (χ4v) is 3.65. The molecule has 2 aromatic heterocycles. The maximum atomic E-state index is 4.63. The van der Waals surface area contributed by atoms with Crippen LogP contribution in [0.4, 0.5) is 0 Å². The minimum Gasteiger partial charge on any atom is -0.309 e. The molecular weight excluding hydrogens is 264 g/mol. The number of nitrogens with zero attached hydrogens (tertiary/aromatic N) is 1. The van der Waals surface area contributed by atoms with Gasteiger partial charge in [-0.2, -0.15) is 0 Å². The Hall–Kier alpha value is -1.71. The van der Waals surface area contributed by atoms with Crippen LogP contribution >= 0.6 is 11.3 Å². The van der Waals surface area contributed by atoms with Crippen molar-refractivity contribution in [3.63, 3.8) is 0 Å². The Bertz CT molecular complexity index is 746. The summed E-state index contributed by atoms with van der Waals surface area (Å²) in [6.45, 7) is 4.21. The second kappa shape index (κ2) is 5.35. The Labute approximate surface area is 123 Å². The van der Waals surface area contributed by atoms with Gasteiger partial charge < -0.3 is 5.32 Å². The third-order valence-electron chi connectivity index (χ3n) is 3.52. The molecular formula is C17H18N2S. The van der Waals surface area contributed by atoms with Crippen molar-refractivity contribution in [2.24, 2.45) is 0 Å². The molecule has 2 heterocycles. The largest absolute Gasteiger partial charge is 0.309 e. The van der Waals surface area contributed by atoms with E-state index in [1.807, 2.05) is 24.5 Å². The van der Waals surface area contributed by atoms with Crippen LogP contribution in [0.1, 0.15) is 27.1 Å². The van der Waals surface area contributed by atoms with Gasteiger partial charge in [0.05, 0.1) is 11.6 Å². The van der Waals surface area contributed by atoms with Crippen molar-refractivity contribution in [2.75, 3.05) is 7.05 Å². The summed E-state index contributed by atoms with van der Waals surface area (Å²) in [6.07, 6.45) is 0. The van der Waals surface area contributed by atoms with Crippen molar-refractivity contribution in [1.29, 1.82) is 0 Å². The number of hydrogen-bond acceptors (Lipinski definition) is 3. The van der Waals surface area contributed by atoms with Gasteiger partial charge in [0.15, 0.2) is 0 Å².